The van der Waals surface area contributed by atoms with Gasteiger partial charge in [0.25, 0.3) is 0 Å². The molecule has 0 spiro atoms. The van der Waals surface area contributed by atoms with E-state index in [1.807, 2.05) is 50.2 Å². The summed E-state index contributed by atoms with van der Waals surface area (Å²) in [6.07, 6.45) is 3.24. The second kappa shape index (κ2) is 9.89. The van der Waals surface area contributed by atoms with Gasteiger partial charge in [-0.05, 0) is 38.0 Å². The topological polar surface area (TPSA) is 30.5 Å². The molecule has 0 saturated carbocycles. The molecule has 0 unspecified atom stereocenters. The molecule has 1 aliphatic heterocycles. The molecule has 1 N–H and O–H groups in total. The van der Waals surface area contributed by atoms with Crippen LogP contribution in [0.1, 0.15) is 57.3 Å². The number of hydrogen-bond donors (Lipinski definition) is 1. The van der Waals surface area contributed by atoms with E-state index in [0.29, 0.717) is 6.61 Å². The van der Waals surface area contributed by atoms with Crippen molar-refractivity contribution in [1.82, 2.24) is 5.32 Å². The van der Waals surface area contributed by atoms with Crippen LogP contribution in [0.2, 0.25) is 0 Å². The molecule has 0 bridgehead atoms. The maximum atomic E-state index is 6.31. The molecule has 2 aromatic carbocycles. The average Bonchev–Trinajstić information content (AvgIpc) is 2.72. The first-order valence-electron chi connectivity index (χ1n) is 10.3. The van der Waals surface area contributed by atoms with Crippen LogP contribution in [-0.4, -0.2) is 24.5 Å². The Morgan fingerprint density at radius 3 is 2.43 bits per heavy atom. The van der Waals surface area contributed by atoms with E-state index >= 15 is 0 Å². The van der Waals surface area contributed by atoms with Gasteiger partial charge in [0, 0.05) is 5.56 Å². The van der Waals surface area contributed by atoms with Gasteiger partial charge >= 0.3 is 0 Å². The van der Waals surface area contributed by atoms with Crippen LogP contribution in [0.15, 0.2) is 60.7 Å². The zero-order valence-corrected chi connectivity index (χ0v) is 17.2. The van der Waals surface area contributed by atoms with E-state index in [-0.39, 0.29) is 18.2 Å². The van der Waals surface area contributed by atoms with Crippen molar-refractivity contribution in [3.63, 3.8) is 0 Å². The van der Waals surface area contributed by atoms with Crippen LogP contribution in [0.4, 0.5) is 0 Å². The maximum absolute atomic E-state index is 6.31. The third-order valence-electron chi connectivity index (χ3n) is 4.94. The standard InChI is InChI=1S/C25H31NO2/c1-4-5-16-22(18-17-20-12-8-6-9-13-20)26-23-19-27-25(2,3)28-24(23)21-14-10-7-11-15-21/h6-15,22-24,26H,4-5,16,19H2,1-3H3/t22-,23-,24-/m0/s1. The molecule has 148 valence electrons. The number of hydrogen-bond acceptors (Lipinski definition) is 3. The fourth-order valence-corrected chi connectivity index (χ4v) is 3.43. The van der Waals surface area contributed by atoms with Gasteiger partial charge in [-0.2, -0.15) is 0 Å². The van der Waals surface area contributed by atoms with Crippen molar-refractivity contribution in [2.24, 2.45) is 0 Å². The van der Waals surface area contributed by atoms with Crippen molar-refractivity contribution < 1.29 is 9.47 Å². The smallest absolute Gasteiger partial charge is 0.163 e. The molecule has 1 saturated heterocycles. The van der Waals surface area contributed by atoms with Crippen molar-refractivity contribution in [3.05, 3.63) is 71.8 Å². The van der Waals surface area contributed by atoms with E-state index in [1.54, 1.807) is 0 Å². The van der Waals surface area contributed by atoms with E-state index < -0.39 is 5.79 Å². The predicted octanol–water partition coefficient (Wildman–Crippen LogP) is 5.08. The normalized spacial score (nSPS) is 22.1. The molecule has 0 amide bonds. The quantitative estimate of drug-likeness (QED) is 0.712. The van der Waals surface area contributed by atoms with Crippen molar-refractivity contribution in [1.29, 1.82) is 0 Å². The van der Waals surface area contributed by atoms with Crippen molar-refractivity contribution >= 4 is 0 Å². The highest BCUT2D eigenvalue weighted by Gasteiger charge is 2.38. The fourth-order valence-electron chi connectivity index (χ4n) is 3.43. The number of nitrogens with one attached hydrogen (secondary N) is 1. The van der Waals surface area contributed by atoms with E-state index in [2.05, 4.69) is 48.3 Å². The van der Waals surface area contributed by atoms with Gasteiger partial charge in [0.2, 0.25) is 0 Å². The van der Waals surface area contributed by atoms with Gasteiger partial charge in [-0.15, -0.1) is 0 Å². The lowest BCUT2D eigenvalue weighted by molar-refractivity contribution is -0.285. The number of unbranched alkanes of at least 4 members (excludes halogenated alkanes) is 1. The minimum atomic E-state index is -0.590. The highest BCUT2D eigenvalue weighted by Crippen LogP contribution is 2.33. The van der Waals surface area contributed by atoms with Crippen LogP contribution < -0.4 is 5.32 Å². The SMILES string of the molecule is CCCC[C@@H](C#Cc1ccccc1)N[C@H]1COC(C)(C)O[C@H]1c1ccccc1. The minimum absolute atomic E-state index is 0.0577. The van der Waals surface area contributed by atoms with E-state index in [4.69, 9.17) is 9.47 Å². The minimum Gasteiger partial charge on any atom is -0.349 e. The van der Waals surface area contributed by atoms with Crippen molar-refractivity contribution in [2.75, 3.05) is 6.61 Å². The summed E-state index contributed by atoms with van der Waals surface area (Å²) in [4.78, 5) is 0. The third-order valence-corrected chi connectivity index (χ3v) is 4.94. The van der Waals surface area contributed by atoms with Crippen molar-refractivity contribution in [2.45, 2.75) is 64.0 Å². The Morgan fingerprint density at radius 2 is 1.75 bits per heavy atom. The zero-order chi connectivity index (χ0) is 19.8. The van der Waals surface area contributed by atoms with Gasteiger partial charge in [-0.3, -0.25) is 5.32 Å². The van der Waals surface area contributed by atoms with Crippen LogP contribution in [-0.2, 0) is 9.47 Å². The van der Waals surface area contributed by atoms with Gasteiger partial charge < -0.3 is 9.47 Å². The molecule has 0 aromatic heterocycles. The van der Waals surface area contributed by atoms with Crippen molar-refractivity contribution in [3.8, 4) is 11.8 Å². The van der Waals surface area contributed by atoms with E-state index in [1.165, 1.54) is 5.56 Å². The van der Waals surface area contributed by atoms with Crippen LogP contribution in [0.3, 0.4) is 0 Å². The first kappa shape index (κ1) is 20.6. The van der Waals surface area contributed by atoms with Crippen LogP contribution in [0, 0.1) is 11.8 Å². The molecule has 3 atom stereocenters. The van der Waals surface area contributed by atoms with Gasteiger partial charge in [-0.1, -0.05) is 80.1 Å². The molecular formula is C25H31NO2. The zero-order valence-electron chi connectivity index (χ0n) is 17.2. The Labute approximate surface area is 169 Å². The molecular weight excluding hydrogens is 346 g/mol. The van der Waals surface area contributed by atoms with E-state index in [9.17, 15) is 0 Å². The predicted molar refractivity (Wildman–Crippen MR) is 114 cm³/mol. The Balaban J connectivity index is 1.78. The van der Waals surface area contributed by atoms with Crippen LogP contribution in [0.25, 0.3) is 0 Å². The van der Waals surface area contributed by atoms with Gasteiger partial charge in [0.1, 0.15) is 6.10 Å². The Kier molecular flexibility index (Phi) is 7.28. The lowest BCUT2D eigenvalue weighted by Crippen LogP contribution is -2.52. The summed E-state index contributed by atoms with van der Waals surface area (Å²) in [6, 6.07) is 20.7. The molecule has 2 aromatic rings. The molecule has 0 aliphatic carbocycles. The summed E-state index contributed by atoms with van der Waals surface area (Å²) in [7, 11) is 0. The summed E-state index contributed by atoms with van der Waals surface area (Å²) in [5.74, 6) is 6.17. The molecule has 1 fully saturated rings. The van der Waals surface area contributed by atoms with Gasteiger partial charge in [0.15, 0.2) is 5.79 Å². The largest absolute Gasteiger partial charge is 0.349 e. The summed E-state index contributed by atoms with van der Waals surface area (Å²) in [5.41, 5.74) is 2.21. The summed E-state index contributed by atoms with van der Waals surface area (Å²) in [6.45, 7) is 6.76. The molecule has 3 rings (SSSR count). The number of ether oxygens (including phenoxy) is 2. The molecule has 0 radical (unpaired) electrons. The first-order valence-corrected chi connectivity index (χ1v) is 10.3. The molecule has 3 nitrogen and oxygen atoms in total. The molecule has 1 aliphatic rings. The highest BCUT2D eigenvalue weighted by atomic mass is 16.7. The average molecular weight is 378 g/mol. The highest BCUT2D eigenvalue weighted by molar-refractivity contribution is 5.35. The molecule has 28 heavy (non-hydrogen) atoms. The summed E-state index contributed by atoms with van der Waals surface area (Å²) < 4.78 is 12.3. The Morgan fingerprint density at radius 1 is 1.07 bits per heavy atom. The number of benzene rings is 2. The number of rotatable bonds is 6. The fraction of sp³-hybridized carbons (Fsp3) is 0.440. The lowest BCUT2D eigenvalue weighted by atomic mass is 9.99. The van der Waals surface area contributed by atoms with E-state index in [0.717, 1.165) is 24.8 Å². The van der Waals surface area contributed by atoms with Crippen LogP contribution in [0.5, 0.6) is 0 Å². The maximum Gasteiger partial charge on any atom is 0.163 e. The van der Waals surface area contributed by atoms with Gasteiger partial charge in [-0.25, -0.2) is 0 Å². The van der Waals surface area contributed by atoms with Crippen LogP contribution >= 0.6 is 0 Å². The Hall–Kier alpha value is -2.12. The summed E-state index contributed by atoms with van der Waals surface area (Å²) >= 11 is 0. The monoisotopic (exact) mass is 377 g/mol. The Bertz CT molecular complexity index is 776. The molecule has 1 heterocycles. The lowest BCUT2D eigenvalue weighted by Gasteiger charge is -2.42. The first-order chi connectivity index (χ1) is 13.6. The van der Waals surface area contributed by atoms with Gasteiger partial charge in [0.05, 0.1) is 18.7 Å². The second-order valence-electron chi connectivity index (χ2n) is 7.76. The molecule has 3 heteroatoms. The second-order valence-corrected chi connectivity index (χ2v) is 7.76. The third kappa shape index (κ3) is 5.94. The summed E-state index contributed by atoms with van der Waals surface area (Å²) in [5, 5.41) is 3.72.